The molecule has 2 aromatic carbocycles. The molecule has 3 aromatic rings. The Bertz CT molecular complexity index is 1190. The molecule has 1 N–H and O–H groups in total. The molecule has 2 atom stereocenters. The minimum Gasteiger partial charge on any atom is -0.493 e. The van der Waals surface area contributed by atoms with E-state index < -0.39 is 0 Å². The molecule has 1 saturated heterocycles. The summed E-state index contributed by atoms with van der Waals surface area (Å²) in [5, 5.41) is 2.86. The number of carbonyl (C=O) groups excluding carboxylic acids is 1. The summed E-state index contributed by atoms with van der Waals surface area (Å²) in [5.41, 5.74) is 4.94. The molecular weight excluding hydrogens is 418 g/mol. The Hall–Kier alpha value is -3.58. The highest BCUT2D eigenvalue weighted by Gasteiger charge is 2.36. The fraction of sp³-hybridized carbons (Fsp3) is 0.308. The van der Waals surface area contributed by atoms with Crippen molar-refractivity contribution in [1.29, 1.82) is 0 Å². The summed E-state index contributed by atoms with van der Waals surface area (Å²) in [6.45, 7) is 1.99. The zero-order chi connectivity index (χ0) is 22.9. The van der Waals surface area contributed by atoms with Crippen LogP contribution in [-0.4, -0.2) is 56.9 Å². The van der Waals surface area contributed by atoms with Gasteiger partial charge in [0, 0.05) is 29.3 Å². The number of nitrogens with one attached hydrogen (secondary N) is 1. The van der Waals surface area contributed by atoms with E-state index in [0.29, 0.717) is 17.4 Å². The van der Waals surface area contributed by atoms with E-state index in [4.69, 9.17) is 18.9 Å². The lowest BCUT2D eigenvalue weighted by Gasteiger charge is -2.39. The Morgan fingerprint density at radius 2 is 1.88 bits per heavy atom. The molecular formula is C26H27N3O4. The number of rotatable bonds is 5. The highest BCUT2D eigenvalue weighted by atomic mass is 16.5. The number of carbonyl (C=O) groups is 1. The van der Waals surface area contributed by atoms with Crippen LogP contribution in [0.4, 0.5) is 5.69 Å². The number of aliphatic imine (C=N–C) groups is 1. The van der Waals surface area contributed by atoms with Gasteiger partial charge in [-0.25, -0.2) is 0 Å². The molecule has 0 radical (unpaired) electrons. The largest absolute Gasteiger partial charge is 0.493 e. The van der Waals surface area contributed by atoms with Gasteiger partial charge >= 0.3 is 0 Å². The van der Waals surface area contributed by atoms with Crippen LogP contribution in [0.25, 0.3) is 0 Å². The van der Waals surface area contributed by atoms with Crippen LogP contribution in [0.3, 0.4) is 0 Å². The number of likely N-dealkylation sites (tertiary alicyclic amines) is 1. The molecule has 7 nitrogen and oxygen atoms in total. The number of amides is 1. The Morgan fingerprint density at radius 3 is 2.58 bits per heavy atom. The number of piperidine rings is 1. The average Bonchev–Trinajstić information content (AvgIpc) is 3.38. The molecule has 0 unspecified atom stereocenters. The maximum atomic E-state index is 12.3. The molecule has 0 bridgehead atoms. The molecule has 1 aromatic heterocycles. The van der Waals surface area contributed by atoms with Crippen molar-refractivity contribution < 1.29 is 18.7 Å². The zero-order valence-electron chi connectivity index (χ0n) is 19.0. The molecule has 7 heteroatoms. The van der Waals surface area contributed by atoms with Crippen LogP contribution in [0.1, 0.15) is 39.6 Å². The van der Waals surface area contributed by atoms with Crippen molar-refractivity contribution in [2.24, 2.45) is 4.99 Å². The van der Waals surface area contributed by atoms with E-state index >= 15 is 0 Å². The van der Waals surface area contributed by atoms with Gasteiger partial charge in [-0.2, -0.15) is 0 Å². The van der Waals surface area contributed by atoms with Crippen molar-refractivity contribution in [3.63, 3.8) is 0 Å². The van der Waals surface area contributed by atoms with Gasteiger partial charge in [0.1, 0.15) is 0 Å². The molecule has 5 rings (SSSR count). The van der Waals surface area contributed by atoms with Gasteiger partial charge in [0.25, 0.3) is 5.91 Å². The second kappa shape index (κ2) is 8.75. The molecule has 1 fully saturated rings. The third-order valence-electron chi connectivity index (χ3n) is 6.45. The first-order valence-electron chi connectivity index (χ1n) is 11.1. The summed E-state index contributed by atoms with van der Waals surface area (Å²) < 4.78 is 16.4. The highest BCUT2D eigenvalue weighted by molar-refractivity contribution is 6.15. The number of anilines is 1. The van der Waals surface area contributed by atoms with E-state index in [1.165, 1.54) is 11.8 Å². The molecule has 0 spiro atoms. The lowest BCUT2D eigenvalue weighted by molar-refractivity contribution is 0.0996. The number of fused-ring (bicyclic) bond motifs is 3. The fourth-order valence-electron chi connectivity index (χ4n) is 4.75. The van der Waals surface area contributed by atoms with Gasteiger partial charge in [0.15, 0.2) is 17.3 Å². The van der Waals surface area contributed by atoms with Gasteiger partial charge in [0.2, 0.25) is 0 Å². The number of benzene rings is 2. The number of furan rings is 1. The van der Waals surface area contributed by atoms with Crippen LogP contribution >= 0.6 is 0 Å². The molecule has 1 amide bonds. The number of ether oxygens (including phenoxy) is 2. The minimum atomic E-state index is -0.279. The molecule has 2 aliphatic heterocycles. The summed E-state index contributed by atoms with van der Waals surface area (Å²) in [5.74, 6) is 1.74. The summed E-state index contributed by atoms with van der Waals surface area (Å²) in [6.07, 6.45) is 2.49. The highest BCUT2D eigenvalue weighted by Crippen LogP contribution is 2.42. The lowest BCUT2D eigenvalue weighted by Crippen LogP contribution is -2.41. The Morgan fingerprint density at radius 1 is 1.12 bits per heavy atom. The fourth-order valence-corrected chi connectivity index (χ4v) is 4.75. The van der Waals surface area contributed by atoms with E-state index in [1.807, 2.05) is 30.3 Å². The summed E-state index contributed by atoms with van der Waals surface area (Å²) in [4.78, 5) is 19.8. The third kappa shape index (κ3) is 4.00. The van der Waals surface area contributed by atoms with Gasteiger partial charge in [-0.05, 0) is 62.0 Å². The van der Waals surface area contributed by atoms with E-state index in [0.717, 1.165) is 42.1 Å². The molecule has 0 saturated carbocycles. The van der Waals surface area contributed by atoms with E-state index in [1.54, 1.807) is 26.4 Å². The second-order valence-corrected chi connectivity index (χ2v) is 8.51. The Balaban J connectivity index is 1.50. The van der Waals surface area contributed by atoms with Crippen molar-refractivity contribution in [3.05, 3.63) is 77.2 Å². The molecule has 170 valence electrons. The molecule has 3 heterocycles. The van der Waals surface area contributed by atoms with Crippen LogP contribution in [0.2, 0.25) is 0 Å². The summed E-state index contributed by atoms with van der Waals surface area (Å²) in [7, 11) is 5.48. The van der Waals surface area contributed by atoms with Gasteiger partial charge in [-0.15, -0.1) is 0 Å². The summed E-state index contributed by atoms with van der Waals surface area (Å²) >= 11 is 0. The topological polar surface area (TPSA) is 76.3 Å². The molecule has 2 aliphatic rings. The predicted octanol–water partition coefficient (Wildman–Crippen LogP) is 4.19. The molecule has 0 aliphatic carbocycles. The average molecular weight is 446 g/mol. The van der Waals surface area contributed by atoms with Crippen molar-refractivity contribution in [2.75, 3.05) is 39.7 Å². The van der Waals surface area contributed by atoms with Crippen molar-refractivity contribution in [3.8, 4) is 11.5 Å². The number of hydrogen-bond acceptors (Lipinski definition) is 6. The van der Waals surface area contributed by atoms with Gasteiger partial charge in [-0.1, -0.05) is 12.1 Å². The smallest absolute Gasteiger partial charge is 0.291 e. The van der Waals surface area contributed by atoms with E-state index in [-0.39, 0.29) is 17.7 Å². The number of nitrogens with zero attached hydrogens (tertiary/aromatic N) is 2. The van der Waals surface area contributed by atoms with E-state index in [2.05, 4.69) is 23.3 Å². The third-order valence-corrected chi connectivity index (χ3v) is 6.45. The standard InChI is InChI=1S/C26H27N3O4/c1-29-11-10-21-20(15-29)18-13-23(31-2)24(32-3)14-19(18)25(28-21)16-6-8-17(9-7-16)27-26(30)22-5-4-12-33-22/h4-9,12-14,20-21H,10-11,15H2,1-3H3,(H,27,30)/t20-,21-/m1/s1. The minimum absolute atomic E-state index is 0.222. The Labute approximate surface area is 193 Å². The SMILES string of the molecule is COc1cc2c(cc1OC)[C@H]1CN(C)CC[C@H]1N=C2c1ccc(NC(=O)c2ccco2)cc1. The van der Waals surface area contributed by atoms with Crippen molar-refractivity contribution in [1.82, 2.24) is 4.90 Å². The van der Waals surface area contributed by atoms with Gasteiger partial charge in [0.05, 0.1) is 32.2 Å². The number of likely N-dealkylation sites (N-methyl/N-ethyl adjacent to an activating group) is 1. The first-order chi connectivity index (χ1) is 16.1. The zero-order valence-corrected chi connectivity index (χ0v) is 19.0. The van der Waals surface area contributed by atoms with Gasteiger partial charge < -0.3 is 24.1 Å². The van der Waals surface area contributed by atoms with Crippen LogP contribution < -0.4 is 14.8 Å². The monoisotopic (exact) mass is 445 g/mol. The Kier molecular flexibility index (Phi) is 5.64. The lowest BCUT2D eigenvalue weighted by atomic mass is 9.79. The first kappa shape index (κ1) is 21.3. The number of hydrogen-bond donors (Lipinski definition) is 1. The molecule has 33 heavy (non-hydrogen) atoms. The summed E-state index contributed by atoms with van der Waals surface area (Å²) in [6, 6.07) is 15.5. The van der Waals surface area contributed by atoms with Crippen LogP contribution in [0, 0.1) is 0 Å². The van der Waals surface area contributed by atoms with Gasteiger partial charge in [-0.3, -0.25) is 9.79 Å². The van der Waals surface area contributed by atoms with Crippen LogP contribution in [0.5, 0.6) is 11.5 Å². The maximum Gasteiger partial charge on any atom is 0.291 e. The normalized spacial score (nSPS) is 19.8. The van der Waals surface area contributed by atoms with Crippen LogP contribution in [-0.2, 0) is 0 Å². The quantitative estimate of drug-likeness (QED) is 0.637. The number of methoxy groups -OCH3 is 2. The predicted molar refractivity (Wildman–Crippen MR) is 127 cm³/mol. The van der Waals surface area contributed by atoms with Crippen molar-refractivity contribution in [2.45, 2.75) is 18.4 Å². The first-order valence-corrected chi connectivity index (χ1v) is 11.1. The van der Waals surface area contributed by atoms with Crippen LogP contribution in [0.15, 0.2) is 64.2 Å². The maximum absolute atomic E-state index is 12.3. The van der Waals surface area contributed by atoms with E-state index in [9.17, 15) is 4.79 Å². The van der Waals surface area contributed by atoms with Crippen molar-refractivity contribution >= 4 is 17.3 Å². The second-order valence-electron chi connectivity index (χ2n) is 8.51.